The molecule has 0 aromatic heterocycles. The first-order chi connectivity index (χ1) is 13.3. The third-order valence-corrected chi connectivity index (χ3v) is 3.55. The summed E-state index contributed by atoms with van der Waals surface area (Å²) >= 11 is 0. The van der Waals surface area contributed by atoms with Gasteiger partial charge in [0, 0.05) is 0 Å². The summed E-state index contributed by atoms with van der Waals surface area (Å²) in [5, 5.41) is 2.42. The maximum atomic E-state index is 13.0. The fourth-order valence-corrected chi connectivity index (χ4v) is 2.32. The number of hydrogen-bond donors (Lipinski definition) is 1. The highest BCUT2D eigenvalue weighted by Crippen LogP contribution is 2.35. The lowest BCUT2D eigenvalue weighted by atomic mass is 10.1. The van der Waals surface area contributed by atoms with Crippen LogP contribution in [0.5, 0.6) is 17.2 Å². The minimum absolute atomic E-state index is 0.0602. The molecule has 0 aliphatic carbocycles. The Bertz CT molecular complexity index is 793. The molecular weight excluding hydrogens is 375 g/mol. The van der Waals surface area contributed by atoms with Crippen LogP contribution in [0.25, 0.3) is 0 Å². The summed E-state index contributed by atoms with van der Waals surface area (Å²) in [6.07, 6.45) is -3.86. The zero-order valence-corrected chi connectivity index (χ0v) is 15.6. The molecule has 152 valence electrons. The Kier molecular flexibility index (Phi) is 7.54. The second kappa shape index (κ2) is 9.87. The summed E-state index contributed by atoms with van der Waals surface area (Å²) in [6, 6.07) is 9.77. The van der Waals surface area contributed by atoms with Gasteiger partial charge in [-0.1, -0.05) is 19.1 Å². The van der Waals surface area contributed by atoms with Gasteiger partial charge in [0.1, 0.15) is 5.75 Å². The number of alkyl halides is 3. The zero-order valence-electron chi connectivity index (χ0n) is 15.6. The van der Waals surface area contributed by atoms with E-state index in [-0.39, 0.29) is 11.4 Å². The van der Waals surface area contributed by atoms with Crippen LogP contribution in [0.1, 0.15) is 25.8 Å². The SMILES string of the molecule is CCCOc1ccc(C(F)(F)F)cc1NC(=O)COc1ccccc1OCC. The number of benzene rings is 2. The van der Waals surface area contributed by atoms with Crippen LogP contribution in [0, 0.1) is 0 Å². The number of hydrogen-bond acceptors (Lipinski definition) is 4. The first-order valence-electron chi connectivity index (χ1n) is 8.83. The minimum atomic E-state index is -4.53. The Morgan fingerprint density at radius 1 is 0.964 bits per heavy atom. The summed E-state index contributed by atoms with van der Waals surface area (Å²) in [4.78, 5) is 12.2. The number of para-hydroxylation sites is 2. The lowest BCUT2D eigenvalue weighted by Gasteiger charge is -2.16. The van der Waals surface area contributed by atoms with Gasteiger partial charge in [-0.15, -0.1) is 0 Å². The fourth-order valence-electron chi connectivity index (χ4n) is 2.32. The number of anilines is 1. The molecule has 5 nitrogen and oxygen atoms in total. The minimum Gasteiger partial charge on any atom is -0.491 e. The van der Waals surface area contributed by atoms with Crippen LogP contribution in [-0.2, 0) is 11.0 Å². The molecule has 2 aromatic carbocycles. The molecule has 0 unspecified atom stereocenters. The largest absolute Gasteiger partial charge is 0.491 e. The molecule has 28 heavy (non-hydrogen) atoms. The standard InChI is InChI=1S/C20H22F3NO4/c1-3-11-27-16-10-9-14(20(21,22)23)12-15(16)24-19(25)13-28-18-8-6-5-7-17(18)26-4-2/h5-10,12H,3-4,11,13H2,1-2H3,(H,24,25). The van der Waals surface area contributed by atoms with Gasteiger partial charge >= 0.3 is 6.18 Å². The van der Waals surface area contributed by atoms with Gasteiger partial charge in [-0.05, 0) is 43.7 Å². The predicted molar refractivity (Wildman–Crippen MR) is 99.0 cm³/mol. The highest BCUT2D eigenvalue weighted by Gasteiger charge is 2.31. The van der Waals surface area contributed by atoms with Crippen molar-refractivity contribution in [1.82, 2.24) is 0 Å². The van der Waals surface area contributed by atoms with Gasteiger partial charge < -0.3 is 19.5 Å². The molecule has 2 aromatic rings. The molecule has 0 atom stereocenters. The summed E-state index contributed by atoms with van der Waals surface area (Å²) in [5.41, 5.74) is -0.941. The van der Waals surface area contributed by atoms with Gasteiger partial charge in [-0.3, -0.25) is 4.79 Å². The molecule has 0 saturated carbocycles. The normalized spacial score (nSPS) is 11.0. The first-order valence-corrected chi connectivity index (χ1v) is 8.83. The molecule has 8 heteroatoms. The number of rotatable bonds is 9. The lowest BCUT2D eigenvalue weighted by molar-refractivity contribution is -0.137. The molecule has 0 saturated heterocycles. The van der Waals surface area contributed by atoms with E-state index >= 15 is 0 Å². The van der Waals surface area contributed by atoms with Gasteiger partial charge in [0.15, 0.2) is 18.1 Å². The van der Waals surface area contributed by atoms with Crippen LogP contribution >= 0.6 is 0 Å². The topological polar surface area (TPSA) is 56.8 Å². The molecule has 0 radical (unpaired) electrons. The predicted octanol–water partition coefficient (Wildman–Crippen LogP) is 4.91. The summed E-state index contributed by atoms with van der Waals surface area (Å²) in [7, 11) is 0. The van der Waals surface area contributed by atoms with Crippen molar-refractivity contribution in [3.05, 3.63) is 48.0 Å². The third-order valence-electron chi connectivity index (χ3n) is 3.55. The Morgan fingerprint density at radius 2 is 1.64 bits per heavy atom. The molecule has 0 fully saturated rings. The van der Waals surface area contributed by atoms with E-state index in [4.69, 9.17) is 14.2 Å². The lowest BCUT2D eigenvalue weighted by Crippen LogP contribution is -2.21. The van der Waals surface area contributed by atoms with Crippen molar-refractivity contribution in [3.63, 3.8) is 0 Å². The molecule has 1 amide bonds. The average Bonchev–Trinajstić information content (AvgIpc) is 2.66. The Balaban J connectivity index is 2.11. The molecule has 0 heterocycles. The summed E-state index contributed by atoms with van der Waals surface area (Å²) in [6.45, 7) is 4.02. The maximum absolute atomic E-state index is 13.0. The second-order valence-corrected chi connectivity index (χ2v) is 5.77. The molecular formula is C20H22F3NO4. The second-order valence-electron chi connectivity index (χ2n) is 5.77. The first kappa shape index (κ1) is 21.4. The van der Waals surface area contributed by atoms with E-state index in [0.29, 0.717) is 31.1 Å². The van der Waals surface area contributed by atoms with E-state index in [9.17, 15) is 18.0 Å². The van der Waals surface area contributed by atoms with Crippen LogP contribution in [0.15, 0.2) is 42.5 Å². The van der Waals surface area contributed by atoms with Gasteiger partial charge in [0.2, 0.25) is 0 Å². The van der Waals surface area contributed by atoms with Gasteiger partial charge in [0.05, 0.1) is 24.5 Å². The number of amides is 1. The van der Waals surface area contributed by atoms with Crippen LogP contribution in [0.3, 0.4) is 0 Å². The maximum Gasteiger partial charge on any atom is 0.416 e. The average molecular weight is 397 g/mol. The molecule has 2 rings (SSSR count). The van der Waals surface area contributed by atoms with Crippen molar-refractivity contribution in [3.8, 4) is 17.2 Å². The zero-order chi connectivity index (χ0) is 20.6. The van der Waals surface area contributed by atoms with Crippen molar-refractivity contribution in [1.29, 1.82) is 0 Å². The molecule has 1 N–H and O–H groups in total. The van der Waals surface area contributed by atoms with E-state index in [1.165, 1.54) is 6.07 Å². The van der Waals surface area contributed by atoms with Gasteiger partial charge in [-0.25, -0.2) is 0 Å². The fraction of sp³-hybridized carbons (Fsp3) is 0.350. The van der Waals surface area contributed by atoms with Crippen molar-refractivity contribution < 1.29 is 32.2 Å². The Labute approximate surface area is 161 Å². The van der Waals surface area contributed by atoms with E-state index < -0.39 is 24.3 Å². The summed E-state index contributed by atoms with van der Waals surface area (Å²) < 4.78 is 55.2. The summed E-state index contributed by atoms with van der Waals surface area (Å²) in [5.74, 6) is 0.389. The highest BCUT2D eigenvalue weighted by molar-refractivity contribution is 5.93. The van der Waals surface area contributed by atoms with E-state index in [2.05, 4.69) is 5.32 Å². The third kappa shape index (κ3) is 6.07. The number of ether oxygens (including phenoxy) is 3. The monoisotopic (exact) mass is 397 g/mol. The molecule has 0 aliphatic heterocycles. The molecule has 0 spiro atoms. The van der Waals surface area contributed by atoms with Gasteiger partial charge in [-0.2, -0.15) is 13.2 Å². The molecule has 0 bridgehead atoms. The van der Waals surface area contributed by atoms with Crippen LogP contribution in [-0.4, -0.2) is 25.7 Å². The van der Waals surface area contributed by atoms with Crippen LogP contribution in [0.4, 0.5) is 18.9 Å². The van der Waals surface area contributed by atoms with Crippen molar-refractivity contribution in [2.24, 2.45) is 0 Å². The van der Waals surface area contributed by atoms with E-state index in [1.54, 1.807) is 24.3 Å². The van der Waals surface area contributed by atoms with E-state index in [0.717, 1.165) is 12.1 Å². The Morgan fingerprint density at radius 3 is 2.25 bits per heavy atom. The van der Waals surface area contributed by atoms with Crippen LogP contribution < -0.4 is 19.5 Å². The quantitative estimate of drug-likeness (QED) is 0.653. The van der Waals surface area contributed by atoms with Crippen molar-refractivity contribution in [2.75, 3.05) is 25.1 Å². The molecule has 0 aliphatic rings. The van der Waals surface area contributed by atoms with Crippen molar-refractivity contribution in [2.45, 2.75) is 26.4 Å². The highest BCUT2D eigenvalue weighted by atomic mass is 19.4. The number of carbonyl (C=O) groups is 1. The Hall–Kier alpha value is -2.90. The number of carbonyl (C=O) groups excluding carboxylic acids is 1. The smallest absolute Gasteiger partial charge is 0.416 e. The van der Waals surface area contributed by atoms with Crippen molar-refractivity contribution >= 4 is 11.6 Å². The van der Waals surface area contributed by atoms with Gasteiger partial charge in [0.25, 0.3) is 5.91 Å². The number of halogens is 3. The number of nitrogens with one attached hydrogen (secondary N) is 1. The van der Waals surface area contributed by atoms with E-state index in [1.807, 2.05) is 13.8 Å². The van der Waals surface area contributed by atoms with Crippen LogP contribution in [0.2, 0.25) is 0 Å².